The molecule has 0 bridgehead atoms. The molecule has 2 N–H and O–H groups in total. The van der Waals surface area contributed by atoms with Gasteiger partial charge in [0.15, 0.2) is 11.5 Å². The Hall–Kier alpha value is -3.52. The molecule has 0 spiro atoms. The first kappa shape index (κ1) is 24.6. The SMILES string of the molecule is COc1ccc([C@H]2c3c(-c4c(C)cc(C)cc4O)n[nH]c3C(=O)N2CCCOC(C)C)cc1OC. The highest BCUT2D eigenvalue weighted by Crippen LogP contribution is 2.46. The zero-order valence-electron chi connectivity index (χ0n) is 21.1. The number of amides is 1. The number of aromatic nitrogens is 2. The first-order valence-corrected chi connectivity index (χ1v) is 11.8. The number of carbonyl (C=O) groups is 1. The monoisotopic (exact) mass is 479 g/mol. The van der Waals surface area contributed by atoms with Crippen LogP contribution in [-0.2, 0) is 4.74 Å². The van der Waals surface area contributed by atoms with Crippen molar-refractivity contribution in [3.05, 3.63) is 58.3 Å². The van der Waals surface area contributed by atoms with Gasteiger partial charge in [-0.3, -0.25) is 9.89 Å². The third-order valence-corrected chi connectivity index (χ3v) is 6.28. The minimum Gasteiger partial charge on any atom is -0.507 e. The molecule has 0 aliphatic carbocycles. The summed E-state index contributed by atoms with van der Waals surface area (Å²) in [6, 6.07) is 8.97. The lowest BCUT2D eigenvalue weighted by Gasteiger charge is -2.27. The van der Waals surface area contributed by atoms with Gasteiger partial charge in [0.2, 0.25) is 0 Å². The standard InChI is InChI=1S/C27H33N3O5/c1-15(2)35-11-7-10-30-26(18-8-9-20(33-5)21(14-18)34-6)23-24(28-29-25(23)27(30)32)22-17(4)12-16(3)13-19(22)31/h8-9,12-15,26,31H,7,10-11H2,1-6H3,(H,28,29)/t26-/m0/s1. The van der Waals surface area contributed by atoms with Gasteiger partial charge in [-0.1, -0.05) is 12.1 Å². The largest absolute Gasteiger partial charge is 0.507 e. The second kappa shape index (κ2) is 10.00. The van der Waals surface area contributed by atoms with Crippen molar-refractivity contribution in [1.29, 1.82) is 0 Å². The van der Waals surface area contributed by atoms with Gasteiger partial charge in [-0.25, -0.2) is 0 Å². The fourth-order valence-electron chi connectivity index (χ4n) is 4.79. The van der Waals surface area contributed by atoms with E-state index < -0.39 is 6.04 Å². The molecule has 8 nitrogen and oxygen atoms in total. The van der Waals surface area contributed by atoms with Crippen molar-refractivity contribution in [3.63, 3.8) is 0 Å². The van der Waals surface area contributed by atoms with E-state index in [0.29, 0.717) is 48.0 Å². The molecule has 0 saturated carbocycles. The van der Waals surface area contributed by atoms with Gasteiger partial charge in [0.05, 0.1) is 26.4 Å². The van der Waals surface area contributed by atoms with Gasteiger partial charge in [-0.2, -0.15) is 5.10 Å². The Balaban J connectivity index is 1.83. The summed E-state index contributed by atoms with van der Waals surface area (Å²) in [5, 5.41) is 18.3. The summed E-state index contributed by atoms with van der Waals surface area (Å²) >= 11 is 0. The van der Waals surface area contributed by atoms with Crippen LogP contribution in [0.25, 0.3) is 11.3 Å². The Morgan fingerprint density at radius 3 is 2.51 bits per heavy atom. The molecular formula is C27H33N3O5. The number of aromatic hydroxyl groups is 1. The number of nitrogens with zero attached hydrogens (tertiary/aromatic N) is 2. The van der Waals surface area contributed by atoms with E-state index in [1.54, 1.807) is 20.3 Å². The van der Waals surface area contributed by atoms with Crippen LogP contribution in [-0.4, -0.2) is 59.6 Å². The number of hydrogen-bond acceptors (Lipinski definition) is 6. The molecule has 1 aliphatic rings. The predicted molar refractivity (Wildman–Crippen MR) is 133 cm³/mol. The van der Waals surface area contributed by atoms with Crippen LogP contribution in [0.5, 0.6) is 17.2 Å². The van der Waals surface area contributed by atoms with Crippen LogP contribution in [0.3, 0.4) is 0 Å². The molecule has 1 aliphatic heterocycles. The second-order valence-electron chi connectivity index (χ2n) is 9.13. The number of phenols is 1. The van der Waals surface area contributed by atoms with Crippen molar-refractivity contribution in [3.8, 4) is 28.5 Å². The molecule has 4 rings (SSSR count). The molecule has 0 saturated heterocycles. The van der Waals surface area contributed by atoms with Gasteiger partial charge < -0.3 is 24.2 Å². The molecular weight excluding hydrogens is 446 g/mol. The maximum Gasteiger partial charge on any atom is 0.273 e. The Morgan fingerprint density at radius 2 is 1.86 bits per heavy atom. The highest BCUT2D eigenvalue weighted by molar-refractivity contribution is 6.00. The van der Waals surface area contributed by atoms with Crippen LogP contribution in [0.2, 0.25) is 0 Å². The number of H-pyrrole nitrogens is 1. The topological polar surface area (TPSA) is 96.9 Å². The summed E-state index contributed by atoms with van der Waals surface area (Å²) in [5.74, 6) is 1.19. The lowest BCUT2D eigenvalue weighted by atomic mass is 9.93. The lowest BCUT2D eigenvalue weighted by molar-refractivity contribution is 0.0601. The molecule has 0 radical (unpaired) electrons. The zero-order chi connectivity index (χ0) is 25.3. The van der Waals surface area contributed by atoms with E-state index in [1.807, 2.05) is 56.9 Å². The number of rotatable bonds is 9. The number of aromatic amines is 1. The van der Waals surface area contributed by atoms with Crippen LogP contribution in [0.15, 0.2) is 30.3 Å². The van der Waals surface area contributed by atoms with E-state index in [1.165, 1.54) is 0 Å². The highest BCUT2D eigenvalue weighted by Gasteiger charge is 2.42. The van der Waals surface area contributed by atoms with E-state index in [-0.39, 0.29) is 17.8 Å². The molecule has 1 atom stereocenters. The van der Waals surface area contributed by atoms with Crippen molar-refractivity contribution in [1.82, 2.24) is 15.1 Å². The Labute approximate surface area is 205 Å². The molecule has 1 amide bonds. The van der Waals surface area contributed by atoms with Gasteiger partial charge in [0, 0.05) is 24.3 Å². The third kappa shape index (κ3) is 4.58. The highest BCUT2D eigenvalue weighted by atomic mass is 16.5. The van der Waals surface area contributed by atoms with Crippen molar-refractivity contribution in [2.75, 3.05) is 27.4 Å². The third-order valence-electron chi connectivity index (χ3n) is 6.28. The Morgan fingerprint density at radius 1 is 1.11 bits per heavy atom. The maximum absolute atomic E-state index is 13.6. The predicted octanol–water partition coefficient (Wildman–Crippen LogP) is 4.78. The number of methoxy groups -OCH3 is 2. The fourth-order valence-corrected chi connectivity index (χ4v) is 4.79. The molecule has 35 heavy (non-hydrogen) atoms. The van der Waals surface area contributed by atoms with Crippen molar-refractivity contribution >= 4 is 5.91 Å². The smallest absolute Gasteiger partial charge is 0.273 e. The number of phenolic OH excluding ortho intramolecular Hbond substituents is 1. The number of nitrogens with one attached hydrogen (secondary N) is 1. The molecule has 0 fully saturated rings. The summed E-state index contributed by atoms with van der Waals surface area (Å²) in [6.45, 7) is 8.91. The number of hydrogen-bond donors (Lipinski definition) is 2. The van der Waals surface area contributed by atoms with Gasteiger partial charge >= 0.3 is 0 Å². The lowest BCUT2D eigenvalue weighted by Crippen LogP contribution is -2.31. The van der Waals surface area contributed by atoms with Crippen molar-refractivity contribution in [2.45, 2.75) is 46.3 Å². The average Bonchev–Trinajstić information content (AvgIpc) is 3.34. The molecule has 8 heteroatoms. The molecule has 1 aromatic heterocycles. The van der Waals surface area contributed by atoms with Crippen LogP contribution >= 0.6 is 0 Å². The summed E-state index contributed by atoms with van der Waals surface area (Å²) in [5.41, 5.74) is 5.08. The average molecular weight is 480 g/mol. The maximum atomic E-state index is 13.6. The van der Waals surface area contributed by atoms with E-state index in [0.717, 1.165) is 22.3 Å². The second-order valence-corrected chi connectivity index (χ2v) is 9.13. The number of ether oxygens (including phenoxy) is 3. The summed E-state index contributed by atoms with van der Waals surface area (Å²) in [4.78, 5) is 15.4. The van der Waals surface area contributed by atoms with Crippen molar-refractivity contribution in [2.24, 2.45) is 0 Å². The zero-order valence-corrected chi connectivity index (χ0v) is 21.1. The van der Waals surface area contributed by atoms with Crippen LogP contribution in [0.4, 0.5) is 0 Å². The summed E-state index contributed by atoms with van der Waals surface area (Å²) in [7, 11) is 3.18. The minimum absolute atomic E-state index is 0.127. The van der Waals surface area contributed by atoms with Crippen molar-refractivity contribution < 1.29 is 24.1 Å². The van der Waals surface area contributed by atoms with E-state index in [4.69, 9.17) is 14.2 Å². The minimum atomic E-state index is -0.412. The first-order valence-electron chi connectivity index (χ1n) is 11.8. The van der Waals surface area contributed by atoms with E-state index in [2.05, 4.69) is 10.2 Å². The van der Waals surface area contributed by atoms with Gasteiger partial charge in [0.25, 0.3) is 5.91 Å². The number of benzene rings is 2. The van der Waals surface area contributed by atoms with Crippen LogP contribution < -0.4 is 9.47 Å². The fraction of sp³-hybridized carbons (Fsp3) is 0.407. The van der Waals surface area contributed by atoms with Gasteiger partial charge in [-0.15, -0.1) is 0 Å². The number of fused-ring (bicyclic) bond motifs is 1. The first-order chi connectivity index (χ1) is 16.8. The van der Waals surface area contributed by atoms with Gasteiger partial charge in [-0.05, 0) is 69.0 Å². The molecule has 2 heterocycles. The summed E-state index contributed by atoms with van der Waals surface area (Å²) in [6.07, 6.45) is 0.817. The van der Waals surface area contributed by atoms with Gasteiger partial charge in [0.1, 0.15) is 17.1 Å². The summed E-state index contributed by atoms with van der Waals surface area (Å²) < 4.78 is 16.7. The normalized spacial score (nSPS) is 15.1. The van der Waals surface area contributed by atoms with E-state index in [9.17, 15) is 9.90 Å². The Bertz CT molecular complexity index is 1210. The molecule has 186 valence electrons. The molecule has 0 unspecified atom stereocenters. The molecule has 3 aromatic rings. The molecule has 2 aromatic carbocycles. The quantitative estimate of drug-likeness (QED) is 0.429. The van der Waals surface area contributed by atoms with Crippen LogP contribution in [0, 0.1) is 13.8 Å². The van der Waals surface area contributed by atoms with Crippen LogP contribution in [0.1, 0.15) is 59.1 Å². The number of aryl methyl sites for hydroxylation is 2. The van der Waals surface area contributed by atoms with E-state index >= 15 is 0 Å². The Kier molecular flexibility index (Phi) is 7.03. The number of carbonyl (C=O) groups excluding carboxylic acids is 1.